The predicted molar refractivity (Wildman–Crippen MR) is 68.4 cm³/mol. The first-order valence-electron chi connectivity index (χ1n) is 5.60. The monoisotopic (exact) mass is 358 g/mol. The normalized spacial score (nSPS) is 18.8. The Morgan fingerprint density at radius 1 is 1.26 bits per heavy atom. The highest BCUT2D eigenvalue weighted by Gasteiger charge is 2.45. The second kappa shape index (κ2) is 5.60. The van der Waals surface area contributed by atoms with E-state index in [0.717, 1.165) is 6.07 Å². The molecule has 1 aromatic carbocycles. The quantitative estimate of drug-likeness (QED) is 0.747. The van der Waals surface area contributed by atoms with Gasteiger partial charge in [-0.15, -0.1) is 0 Å². The zero-order chi connectivity index (χ0) is 14.1. The molecule has 0 radical (unpaired) electrons. The number of hydrogen-bond acceptors (Lipinski definition) is 2. The van der Waals surface area contributed by atoms with Crippen molar-refractivity contribution in [1.82, 2.24) is 0 Å². The van der Waals surface area contributed by atoms with E-state index in [2.05, 4.69) is 15.9 Å². The number of benzene rings is 1. The van der Waals surface area contributed by atoms with Gasteiger partial charge in [0.25, 0.3) is 0 Å². The molecule has 1 fully saturated rings. The van der Waals surface area contributed by atoms with E-state index in [1.54, 1.807) is 0 Å². The molecule has 0 atom stereocenters. The molecule has 0 amide bonds. The number of rotatable bonds is 3. The molecule has 0 spiro atoms. The van der Waals surface area contributed by atoms with Gasteiger partial charge in [0.2, 0.25) is 0 Å². The number of alkyl halides is 4. The average Bonchev–Trinajstić information content (AvgIpc) is 2.78. The topological polar surface area (TPSA) is 18.5 Å². The molecule has 1 heterocycles. The Kier molecular flexibility index (Phi) is 4.45. The van der Waals surface area contributed by atoms with Gasteiger partial charge in [-0.25, -0.2) is 0 Å². The molecule has 0 N–H and O–H groups in total. The Labute approximate surface area is 122 Å². The summed E-state index contributed by atoms with van der Waals surface area (Å²) in [7, 11) is 0. The van der Waals surface area contributed by atoms with Crippen LogP contribution in [0.25, 0.3) is 0 Å². The summed E-state index contributed by atoms with van der Waals surface area (Å²) >= 11 is 8.88. The minimum Gasteiger partial charge on any atom is -0.343 e. The van der Waals surface area contributed by atoms with Crippen LogP contribution in [0.1, 0.15) is 17.5 Å². The fourth-order valence-electron chi connectivity index (χ4n) is 2.10. The van der Waals surface area contributed by atoms with Gasteiger partial charge in [0.1, 0.15) is 0 Å². The molecule has 19 heavy (non-hydrogen) atoms. The second-order valence-corrected chi connectivity index (χ2v) is 5.31. The molecule has 0 bridgehead atoms. The van der Waals surface area contributed by atoms with Gasteiger partial charge in [-0.2, -0.15) is 13.2 Å². The first-order valence-corrected chi connectivity index (χ1v) is 7.10. The Hall–Kier alpha value is -0.300. The van der Waals surface area contributed by atoms with E-state index in [9.17, 15) is 13.2 Å². The van der Waals surface area contributed by atoms with Crippen molar-refractivity contribution in [2.24, 2.45) is 0 Å². The van der Waals surface area contributed by atoms with Crippen LogP contribution in [0.3, 0.4) is 0 Å². The maximum atomic E-state index is 13.1. The van der Waals surface area contributed by atoms with Crippen molar-refractivity contribution in [3.8, 4) is 0 Å². The molecule has 1 saturated heterocycles. The lowest BCUT2D eigenvalue weighted by molar-refractivity contribution is -0.178. The van der Waals surface area contributed by atoms with Gasteiger partial charge >= 0.3 is 6.18 Å². The Morgan fingerprint density at radius 3 is 2.42 bits per heavy atom. The Balaban J connectivity index is 2.54. The van der Waals surface area contributed by atoms with E-state index < -0.39 is 17.5 Å². The van der Waals surface area contributed by atoms with Gasteiger partial charge in [0, 0.05) is 22.3 Å². The highest BCUT2D eigenvalue weighted by molar-refractivity contribution is 9.09. The van der Waals surface area contributed by atoms with Crippen LogP contribution in [0.15, 0.2) is 18.2 Å². The molecule has 0 aliphatic carbocycles. The average molecular weight is 360 g/mol. The summed E-state index contributed by atoms with van der Waals surface area (Å²) in [6.07, 6.45) is -4.22. The lowest BCUT2D eigenvalue weighted by atomic mass is 9.97. The minimum absolute atomic E-state index is 0.0265. The Morgan fingerprint density at radius 2 is 1.89 bits per heavy atom. The third-order valence-electron chi connectivity index (χ3n) is 2.87. The van der Waals surface area contributed by atoms with E-state index in [1.165, 1.54) is 12.1 Å². The zero-order valence-corrected chi connectivity index (χ0v) is 12.1. The van der Waals surface area contributed by atoms with Crippen molar-refractivity contribution >= 4 is 27.5 Å². The van der Waals surface area contributed by atoms with Crippen LogP contribution >= 0.6 is 27.5 Å². The van der Waals surface area contributed by atoms with Gasteiger partial charge < -0.3 is 9.47 Å². The van der Waals surface area contributed by atoms with Crippen LogP contribution in [0.5, 0.6) is 0 Å². The molecule has 1 aliphatic heterocycles. The molecule has 1 aliphatic rings. The third kappa shape index (κ3) is 3.07. The van der Waals surface area contributed by atoms with Crippen LogP contribution in [0, 0.1) is 0 Å². The van der Waals surface area contributed by atoms with E-state index >= 15 is 0 Å². The van der Waals surface area contributed by atoms with E-state index in [0.29, 0.717) is 5.33 Å². The summed E-state index contributed by atoms with van der Waals surface area (Å²) in [5, 5.41) is 0.496. The van der Waals surface area contributed by atoms with Crippen molar-refractivity contribution < 1.29 is 22.6 Å². The van der Waals surface area contributed by atoms with Crippen molar-refractivity contribution in [3.05, 3.63) is 34.3 Å². The maximum Gasteiger partial charge on any atom is 0.416 e. The molecule has 2 nitrogen and oxygen atoms in total. The summed E-state index contributed by atoms with van der Waals surface area (Å²) in [5.41, 5.74) is -0.843. The molecule has 0 saturated carbocycles. The Bertz CT molecular complexity index is 459. The predicted octanol–water partition coefficient (Wildman–Crippen LogP) is 4.34. The molecule has 106 valence electrons. The number of ether oxygens (including phenoxy) is 2. The zero-order valence-electron chi connectivity index (χ0n) is 9.77. The molecule has 0 unspecified atom stereocenters. The highest BCUT2D eigenvalue weighted by atomic mass is 79.9. The van der Waals surface area contributed by atoms with Crippen molar-refractivity contribution in [2.45, 2.75) is 18.4 Å². The molecule has 2 rings (SSSR count). The van der Waals surface area contributed by atoms with E-state index in [4.69, 9.17) is 21.1 Å². The first kappa shape index (κ1) is 15.1. The lowest BCUT2D eigenvalue weighted by Crippen LogP contribution is -2.31. The standard InChI is InChI=1S/C12H11BrClF3O2/c13-4-3-11(18-5-6-19-11)9-2-1-8(14)7-10(9)12(15,16)17/h1-2,7H,3-6H2. The highest BCUT2D eigenvalue weighted by Crippen LogP contribution is 2.43. The van der Waals surface area contributed by atoms with Crippen LogP contribution in [0.4, 0.5) is 13.2 Å². The second-order valence-electron chi connectivity index (χ2n) is 4.08. The minimum atomic E-state index is -4.51. The molecule has 1 aromatic rings. The summed E-state index contributed by atoms with van der Waals surface area (Å²) < 4.78 is 50.2. The van der Waals surface area contributed by atoms with E-state index in [-0.39, 0.29) is 30.2 Å². The fourth-order valence-corrected chi connectivity index (χ4v) is 2.79. The first-order chi connectivity index (χ1) is 8.89. The fraction of sp³-hybridized carbons (Fsp3) is 0.500. The van der Waals surface area contributed by atoms with Gasteiger partial charge in [-0.05, 0) is 12.1 Å². The number of hydrogen-bond donors (Lipinski definition) is 0. The molecule has 7 heteroatoms. The van der Waals surface area contributed by atoms with Gasteiger partial charge in [-0.3, -0.25) is 0 Å². The van der Waals surface area contributed by atoms with Gasteiger partial charge in [0.15, 0.2) is 5.79 Å². The van der Waals surface area contributed by atoms with Crippen LogP contribution in [-0.4, -0.2) is 18.5 Å². The summed E-state index contributed by atoms with van der Waals surface area (Å²) in [5.74, 6) is -1.35. The lowest BCUT2D eigenvalue weighted by Gasteiger charge is -2.30. The largest absolute Gasteiger partial charge is 0.416 e. The van der Waals surface area contributed by atoms with Gasteiger partial charge in [0.05, 0.1) is 18.8 Å². The molecular formula is C12H11BrClF3O2. The van der Waals surface area contributed by atoms with Crippen molar-refractivity contribution in [2.75, 3.05) is 18.5 Å². The van der Waals surface area contributed by atoms with Gasteiger partial charge in [-0.1, -0.05) is 33.6 Å². The van der Waals surface area contributed by atoms with Crippen LogP contribution in [-0.2, 0) is 21.4 Å². The maximum absolute atomic E-state index is 13.1. The summed E-state index contributed by atoms with van der Waals surface area (Å²) in [4.78, 5) is 0. The van der Waals surface area contributed by atoms with Crippen LogP contribution < -0.4 is 0 Å². The molecular weight excluding hydrogens is 348 g/mol. The van der Waals surface area contributed by atoms with Crippen LogP contribution in [0.2, 0.25) is 5.02 Å². The SMILES string of the molecule is FC(F)(F)c1cc(Cl)ccc1C1(CCBr)OCCO1. The summed E-state index contributed by atoms with van der Waals surface area (Å²) in [6, 6.07) is 3.63. The van der Waals surface area contributed by atoms with E-state index in [1.807, 2.05) is 0 Å². The third-order valence-corrected chi connectivity index (χ3v) is 3.51. The molecule has 0 aromatic heterocycles. The van der Waals surface area contributed by atoms with Crippen molar-refractivity contribution in [1.29, 1.82) is 0 Å². The smallest absolute Gasteiger partial charge is 0.343 e. The summed E-state index contributed by atoms with van der Waals surface area (Å²) in [6.45, 7) is 0.542. The van der Waals surface area contributed by atoms with Crippen molar-refractivity contribution in [3.63, 3.8) is 0 Å². The number of halogens is 5.